The summed E-state index contributed by atoms with van der Waals surface area (Å²) in [6.07, 6.45) is 7.52. The Labute approximate surface area is 123 Å². The normalized spacial score (nSPS) is 42.0. The molecule has 0 heterocycles. The highest BCUT2D eigenvalue weighted by Crippen LogP contribution is 2.60. The van der Waals surface area contributed by atoms with E-state index < -0.39 is 0 Å². The fourth-order valence-electron chi connectivity index (χ4n) is 5.27. The predicted molar refractivity (Wildman–Crippen MR) is 80.1 cm³/mol. The molecule has 0 atom stereocenters. The van der Waals surface area contributed by atoms with Gasteiger partial charge in [-0.05, 0) is 68.1 Å². The number of carbonyl (C=O) groups is 1. The zero-order chi connectivity index (χ0) is 14.5. The van der Waals surface area contributed by atoms with Crippen molar-refractivity contribution < 1.29 is 9.53 Å². The van der Waals surface area contributed by atoms with Crippen molar-refractivity contribution in [1.82, 2.24) is 0 Å². The van der Waals surface area contributed by atoms with Crippen LogP contribution in [0.1, 0.15) is 59.3 Å². The van der Waals surface area contributed by atoms with Gasteiger partial charge in [0.2, 0.25) is 0 Å². The first-order chi connectivity index (χ1) is 9.46. The van der Waals surface area contributed by atoms with E-state index in [2.05, 4.69) is 13.5 Å². The van der Waals surface area contributed by atoms with Crippen molar-refractivity contribution in [3.63, 3.8) is 0 Å². The summed E-state index contributed by atoms with van der Waals surface area (Å²) in [4.78, 5) is 12.4. The van der Waals surface area contributed by atoms with E-state index in [0.29, 0.717) is 17.4 Å². The molecule has 2 heteroatoms. The third-order valence-corrected chi connectivity index (χ3v) is 6.31. The van der Waals surface area contributed by atoms with Gasteiger partial charge in [0.25, 0.3) is 0 Å². The van der Waals surface area contributed by atoms with Crippen LogP contribution in [-0.4, -0.2) is 11.6 Å². The van der Waals surface area contributed by atoms with E-state index in [1.54, 1.807) is 0 Å². The zero-order valence-electron chi connectivity index (χ0n) is 13.2. The van der Waals surface area contributed by atoms with Crippen LogP contribution in [0.15, 0.2) is 12.2 Å². The molecule has 0 aliphatic heterocycles. The van der Waals surface area contributed by atoms with Crippen molar-refractivity contribution in [2.45, 2.75) is 64.9 Å². The SMILES string of the molecule is C=C(C(=O)OC1(CC)C2CC3CC(C2)CC1C3)C(C)C. The molecule has 0 radical (unpaired) electrons. The molecule has 0 N–H and O–H groups in total. The van der Waals surface area contributed by atoms with Crippen molar-refractivity contribution in [2.24, 2.45) is 29.6 Å². The summed E-state index contributed by atoms with van der Waals surface area (Å²) >= 11 is 0. The van der Waals surface area contributed by atoms with Crippen molar-refractivity contribution >= 4 is 5.97 Å². The third kappa shape index (κ3) is 2.03. The van der Waals surface area contributed by atoms with Crippen LogP contribution in [0.5, 0.6) is 0 Å². The molecule has 0 saturated heterocycles. The Hall–Kier alpha value is -0.790. The summed E-state index contributed by atoms with van der Waals surface area (Å²) in [6.45, 7) is 10.2. The smallest absolute Gasteiger partial charge is 0.334 e. The fourth-order valence-corrected chi connectivity index (χ4v) is 5.27. The number of ether oxygens (including phenoxy) is 1. The van der Waals surface area contributed by atoms with Crippen molar-refractivity contribution in [3.8, 4) is 0 Å². The van der Waals surface area contributed by atoms with Gasteiger partial charge in [-0.15, -0.1) is 0 Å². The summed E-state index contributed by atoms with van der Waals surface area (Å²) in [5, 5.41) is 0. The summed E-state index contributed by atoms with van der Waals surface area (Å²) in [6, 6.07) is 0. The molecule has 0 aromatic carbocycles. The van der Waals surface area contributed by atoms with Crippen LogP contribution in [0.2, 0.25) is 0 Å². The van der Waals surface area contributed by atoms with Crippen LogP contribution in [0.4, 0.5) is 0 Å². The van der Waals surface area contributed by atoms with Gasteiger partial charge in [-0.2, -0.15) is 0 Å². The molecule has 0 aromatic rings. The summed E-state index contributed by atoms with van der Waals surface area (Å²) in [5.41, 5.74) is 0.453. The average molecular weight is 276 g/mol. The lowest BCUT2D eigenvalue weighted by atomic mass is 9.49. The largest absolute Gasteiger partial charge is 0.455 e. The quantitative estimate of drug-likeness (QED) is 0.564. The molecular formula is C18H28O2. The van der Waals surface area contributed by atoms with Crippen LogP contribution < -0.4 is 0 Å². The summed E-state index contributed by atoms with van der Waals surface area (Å²) in [7, 11) is 0. The van der Waals surface area contributed by atoms with Crippen LogP contribution in [0.25, 0.3) is 0 Å². The molecule has 4 bridgehead atoms. The highest BCUT2D eigenvalue weighted by atomic mass is 16.6. The first-order valence-electron chi connectivity index (χ1n) is 8.38. The van der Waals surface area contributed by atoms with Gasteiger partial charge in [-0.3, -0.25) is 0 Å². The van der Waals surface area contributed by atoms with Gasteiger partial charge in [-0.25, -0.2) is 4.79 Å². The lowest BCUT2D eigenvalue weighted by Gasteiger charge is -2.60. The molecule has 20 heavy (non-hydrogen) atoms. The van der Waals surface area contributed by atoms with E-state index in [1.165, 1.54) is 32.1 Å². The number of carbonyl (C=O) groups excluding carboxylic acids is 1. The lowest BCUT2D eigenvalue weighted by molar-refractivity contribution is -0.207. The molecule has 112 valence electrons. The second-order valence-corrected chi connectivity index (χ2v) is 7.68. The molecule has 4 rings (SSSR count). The van der Waals surface area contributed by atoms with E-state index in [1.807, 2.05) is 13.8 Å². The molecule has 4 aliphatic rings. The molecule has 0 spiro atoms. The van der Waals surface area contributed by atoms with Crippen molar-refractivity contribution in [1.29, 1.82) is 0 Å². The van der Waals surface area contributed by atoms with Crippen LogP contribution in [-0.2, 0) is 9.53 Å². The van der Waals surface area contributed by atoms with E-state index in [9.17, 15) is 4.79 Å². The van der Waals surface area contributed by atoms with E-state index in [4.69, 9.17) is 4.74 Å². The minimum atomic E-state index is -0.178. The monoisotopic (exact) mass is 276 g/mol. The lowest BCUT2D eigenvalue weighted by Crippen LogP contribution is -2.59. The summed E-state index contributed by atoms with van der Waals surface area (Å²) in [5.74, 6) is 3.05. The first-order valence-corrected chi connectivity index (χ1v) is 8.38. The van der Waals surface area contributed by atoms with Crippen LogP contribution in [0, 0.1) is 29.6 Å². The first kappa shape index (κ1) is 14.2. The van der Waals surface area contributed by atoms with Gasteiger partial charge < -0.3 is 4.74 Å². The Kier molecular flexibility index (Phi) is 3.46. The highest BCUT2D eigenvalue weighted by molar-refractivity contribution is 5.88. The van der Waals surface area contributed by atoms with E-state index in [-0.39, 0.29) is 17.5 Å². The molecule has 4 aliphatic carbocycles. The minimum Gasteiger partial charge on any atom is -0.455 e. The number of rotatable bonds is 4. The Balaban J connectivity index is 1.81. The zero-order valence-corrected chi connectivity index (χ0v) is 13.2. The van der Waals surface area contributed by atoms with Crippen molar-refractivity contribution in [3.05, 3.63) is 12.2 Å². The van der Waals surface area contributed by atoms with Gasteiger partial charge in [0.05, 0.1) is 0 Å². The summed E-state index contributed by atoms with van der Waals surface area (Å²) < 4.78 is 6.15. The number of esters is 1. The Morgan fingerprint density at radius 1 is 1.15 bits per heavy atom. The van der Waals surface area contributed by atoms with Gasteiger partial charge in [0.15, 0.2) is 0 Å². The van der Waals surface area contributed by atoms with Gasteiger partial charge in [0, 0.05) is 5.57 Å². The average Bonchev–Trinajstić information content (AvgIpc) is 2.41. The van der Waals surface area contributed by atoms with Crippen LogP contribution >= 0.6 is 0 Å². The fraction of sp³-hybridized carbons (Fsp3) is 0.833. The maximum absolute atomic E-state index is 12.4. The van der Waals surface area contributed by atoms with Gasteiger partial charge in [0.1, 0.15) is 5.60 Å². The minimum absolute atomic E-state index is 0.144. The maximum Gasteiger partial charge on any atom is 0.334 e. The van der Waals surface area contributed by atoms with E-state index in [0.717, 1.165) is 18.3 Å². The molecule has 4 fully saturated rings. The predicted octanol–water partition coefficient (Wildman–Crippen LogP) is 4.35. The number of hydrogen-bond acceptors (Lipinski definition) is 2. The van der Waals surface area contributed by atoms with Gasteiger partial charge >= 0.3 is 5.97 Å². The second-order valence-electron chi connectivity index (χ2n) is 7.68. The van der Waals surface area contributed by atoms with Crippen molar-refractivity contribution in [2.75, 3.05) is 0 Å². The Bertz CT molecular complexity index is 393. The maximum atomic E-state index is 12.4. The molecular weight excluding hydrogens is 248 g/mol. The van der Waals surface area contributed by atoms with Gasteiger partial charge in [-0.1, -0.05) is 27.4 Å². The molecule has 2 nitrogen and oxygen atoms in total. The third-order valence-electron chi connectivity index (χ3n) is 6.31. The molecule has 0 amide bonds. The second kappa shape index (κ2) is 4.89. The Morgan fingerprint density at radius 3 is 2.05 bits per heavy atom. The van der Waals surface area contributed by atoms with E-state index >= 15 is 0 Å². The van der Waals surface area contributed by atoms with Crippen LogP contribution in [0.3, 0.4) is 0 Å². The number of hydrogen-bond donors (Lipinski definition) is 0. The molecule has 0 aromatic heterocycles. The molecule has 0 unspecified atom stereocenters. The molecule has 4 saturated carbocycles. The standard InChI is InChI=1S/C18H28O2/c1-5-18(20-17(19)12(4)11(2)3)15-7-13-6-14(9-15)10-16(18)8-13/h11,13-16H,4-10H2,1-3H3. The Morgan fingerprint density at radius 2 is 1.65 bits per heavy atom. The highest BCUT2D eigenvalue weighted by Gasteiger charge is 2.58. The topological polar surface area (TPSA) is 26.3 Å².